The summed E-state index contributed by atoms with van der Waals surface area (Å²) < 4.78 is 10.8. The maximum atomic E-state index is 5.51. The van der Waals surface area contributed by atoms with Gasteiger partial charge in [0, 0.05) is 26.1 Å². The Kier molecular flexibility index (Phi) is 3.51. The second-order valence-electron chi connectivity index (χ2n) is 4.77. The van der Waals surface area contributed by atoms with Gasteiger partial charge in [0.05, 0.1) is 12.2 Å². The molecule has 0 amide bonds. The van der Waals surface area contributed by atoms with Crippen LogP contribution in [0, 0.1) is 0 Å². The van der Waals surface area contributed by atoms with Crippen molar-refractivity contribution in [1.29, 1.82) is 0 Å². The molecule has 0 saturated heterocycles. The third-order valence-electron chi connectivity index (χ3n) is 3.40. The van der Waals surface area contributed by atoms with Crippen LogP contribution in [0.5, 0.6) is 5.88 Å². The summed E-state index contributed by atoms with van der Waals surface area (Å²) in [5.41, 5.74) is 2.45. The Morgan fingerprint density at radius 1 is 1.32 bits per heavy atom. The zero-order chi connectivity index (χ0) is 13.1. The summed E-state index contributed by atoms with van der Waals surface area (Å²) in [5.74, 6) is 1.64. The lowest BCUT2D eigenvalue weighted by atomic mass is 10.1. The van der Waals surface area contributed by atoms with Crippen molar-refractivity contribution in [3.63, 3.8) is 0 Å². The molecule has 0 atom stereocenters. The Morgan fingerprint density at radius 3 is 2.95 bits per heavy atom. The van der Waals surface area contributed by atoms with Gasteiger partial charge in [-0.05, 0) is 17.6 Å². The van der Waals surface area contributed by atoms with Crippen molar-refractivity contribution < 1.29 is 9.26 Å². The van der Waals surface area contributed by atoms with Gasteiger partial charge in [0.25, 0.3) is 5.88 Å². The van der Waals surface area contributed by atoms with E-state index in [1.807, 2.05) is 13.0 Å². The van der Waals surface area contributed by atoms with Crippen LogP contribution in [0.1, 0.15) is 23.8 Å². The normalized spacial score (nSPS) is 15.2. The van der Waals surface area contributed by atoms with Gasteiger partial charge >= 0.3 is 0 Å². The average molecular weight is 258 g/mol. The standard InChI is InChI=1S/C15H18N2O2/c1-2-18-15-13-11-17(9-8-14(13)19-16-15)10-12-6-4-3-5-7-12/h3-7H,2,8-11H2,1H3. The Balaban J connectivity index is 1.72. The second-order valence-corrected chi connectivity index (χ2v) is 4.77. The first kappa shape index (κ1) is 12.2. The fourth-order valence-electron chi connectivity index (χ4n) is 2.47. The first-order chi connectivity index (χ1) is 9.36. The van der Waals surface area contributed by atoms with Gasteiger partial charge in [-0.25, -0.2) is 0 Å². The SMILES string of the molecule is CCOc1noc2c1CN(Cc1ccccc1)CC2. The van der Waals surface area contributed by atoms with Crippen LogP contribution >= 0.6 is 0 Å². The number of fused-ring (bicyclic) bond motifs is 1. The summed E-state index contributed by atoms with van der Waals surface area (Å²) in [6.07, 6.45) is 0.905. The van der Waals surface area contributed by atoms with Crippen LogP contribution < -0.4 is 4.74 Å². The van der Waals surface area contributed by atoms with Gasteiger partial charge in [0.1, 0.15) is 5.76 Å². The molecule has 0 radical (unpaired) electrons. The minimum atomic E-state index is 0.623. The maximum Gasteiger partial charge on any atom is 0.258 e. The lowest BCUT2D eigenvalue weighted by Gasteiger charge is -2.25. The van der Waals surface area contributed by atoms with Gasteiger partial charge < -0.3 is 9.26 Å². The highest BCUT2D eigenvalue weighted by atomic mass is 16.5. The van der Waals surface area contributed by atoms with Crippen LogP contribution in [0.4, 0.5) is 0 Å². The Morgan fingerprint density at radius 2 is 2.16 bits per heavy atom. The topological polar surface area (TPSA) is 38.5 Å². The van der Waals surface area contributed by atoms with Crippen LogP contribution in [-0.4, -0.2) is 23.2 Å². The quantitative estimate of drug-likeness (QED) is 0.845. The van der Waals surface area contributed by atoms with Crippen LogP contribution in [-0.2, 0) is 19.5 Å². The number of hydrogen-bond acceptors (Lipinski definition) is 4. The second kappa shape index (κ2) is 5.45. The average Bonchev–Trinajstić information content (AvgIpc) is 2.83. The first-order valence-corrected chi connectivity index (χ1v) is 6.73. The van der Waals surface area contributed by atoms with Crippen molar-refractivity contribution in [2.24, 2.45) is 0 Å². The molecule has 0 aliphatic carbocycles. The number of hydrogen-bond donors (Lipinski definition) is 0. The van der Waals surface area contributed by atoms with Crippen molar-refractivity contribution in [3.05, 3.63) is 47.2 Å². The minimum Gasteiger partial charge on any atom is -0.476 e. The fraction of sp³-hybridized carbons (Fsp3) is 0.400. The van der Waals surface area contributed by atoms with E-state index in [1.54, 1.807) is 0 Å². The van der Waals surface area contributed by atoms with Gasteiger partial charge in [0.2, 0.25) is 0 Å². The zero-order valence-corrected chi connectivity index (χ0v) is 11.1. The molecule has 0 spiro atoms. The number of benzene rings is 1. The van der Waals surface area contributed by atoms with E-state index in [1.165, 1.54) is 5.56 Å². The summed E-state index contributed by atoms with van der Waals surface area (Å²) in [5, 5.41) is 4.01. The number of nitrogens with zero attached hydrogens (tertiary/aromatic N) is 2. The van der Waals surface area contributed by atoms with Gasteiger partial charge in [-0.1, -0.05) is 30.3 Å². The van der Waals surface area contributed by atoms with Crippen LogP contribution in [0.15, 0.2) is 34.9 Å². The van der Waals surface area contributed by atoms with Gasteiger partial charge in [-0.3, -0.25) is 4.90 Å². The largest absolute Gasteiger partial charge is 0.476 e. The molecule has 4 nitrogen and oxygen atoms in total. The van der Waals surface area contributed by atoms with E-state index in [2.05, 4.69) is 34.3 Å². The van der Waals surface area contributed by atoms with Crippen LogP contribution in [0.2, 0.25) is 0 Å². The van der Waals surface area contributed by atoms with E-state index in [-0.39, 0.29) is 0 Å². The Labute approximate surface area is 113 Å². The molecule has 100 valence electrons. The zero-order valence-electron chi connectivity index (χ0n) is 11.1. The van der Waals surface area contributed by atoms with Crippen molar-refractivity contribution in [2.45, 2.75) is 26.4 Å². The fourth-order valence-corrected chi connectivity index (χ4v) is 2.47. The predicted octanol–water partition coefficient (Wildman–Crippen LogP) is 2.63. The monoisotopic (exact) mass is 258 g/mol. The van der Waals surface area contributed by atoms with Crippen molar-refractivity contribution in [3.8, 4) is 5.88 Å². The summed E-state index contributed by atoms with van der Waals surface area (Å²) >= 11 is 0. The summed E-state index contributed by atoms with van der Waals surface area (Å²) in [4.78, 5) is 2.40. The molecule has 1 aromatic carbocycles. The van der Waals surface area contributed by atoms with E-state index >= 15 is 0 Å². The van der Waals surface area contributed by atoms with E-state index in [0.717, 1.165) is 37.4 Å². The molecule has 0 saturated carbocycles. The van der Waals surface area contributed by atoms with Gasteiger partial charge in [-0.15, -0.1) is 0 Å². The number of rotatable bonds is 4. The van der Waals surface area contributed by atoms with Crippen LogP contribution in [0.25, 0.3) is 0 Å². The summed E-state index contributed by atoms with van der Waals surface area (Å²) in [7, 11) is 0. The predicted molar refractivity (Wildman–Crippen MR) is 71.9 cm³/mol. The van der Waals surface area contributed by atoms with E-state index in [9.17, 15) is 0 Å². The highest BCUT2D eigenvalue weighted by Gasteiger charge is 2.24. The molecule has 2 aromatic rings. The van der Waals surface area contributed by atoms with E-state index in [0.29, 0.717) is 12.5 Å². The number of ether oxygens (including phenoxy) is 1. The van der Waals surface area contributed by atoms with Gasteiger partial charge in [0.15, 0.2) is 0 Å². The molecule has 2 heterocycles. The third kappa shape index (κ3) is 2.63. The molecular formula is C15H18N2O2. The molecule has 0 N–H and O–H groups in total. The number of aromatic nitrogens is 1. The maximum absolute atomic E-state index is 5.51. The molecule has 3 rings (SSSR count). The van der Waals surface area contributed by atoms with Crippen molar-refractivity contribution in [2.75, 3.05) is 13.2 Å². The van der Waals surface area contributed by atoms with E-state index in [4.69, 9.17) is 9.26 Å². The van der Waals surface area contributed by atoms with E-state index < -0.39 is 0 Å². The molecular weight excluding hydrogens is 240 g/mol. The summed E-state index contributed by atoms with van der Waals surface area (Å²) in [6.45, 7) is 5.39. The Hall–Kier alpha value is -1.81. The van der Waals surface area contributed by atoms with Gasteiger partial charge in [-0.2, -0.15) is 0 Å². The smallest absolute Gasteiger partial charge is 0.258 e. The highest BCUT2D eigenvalue weighted by molar-refractivity contribution is 5.30. The lowest BCUT2D eigenvalue weighted by molar-refractivity contribution is 0.228. The third-order valence-corrected chi connectivity index (χ3v) is 3.40. The molecule has 1 aromatic heterocycles. The minimum absolute atomic E-state index is 0.623. The molecule has 0 bridgehead atoms. The molecule has 1 aliphatic rings. The molecule has 0 fully saturated rings. The van der Waals surface area contributed by atoms with Crippen LogP contribution in [0.3, 0.4) is 0 Å². The molecule has 4 heteroatoms. The molecule has 1 aliphatic heterocycles. The lowest BCUT2D eigenvalue weighted by Crippen LogP contribution is -2.29. The van der Waals surface area contributed by atoms with Crippen molar-refractivity contribution in [1.82, 2.24) is 10.1 Å². The molecule has 0 unspecified atom stereocenters. The highest BCUT2D eigenvalue weighted by Crippen LogP contribution is 2.28. The summed E-state index contributed by atoms with van der Waals surface area (Å²) in [6, 6.07) is 10.5. The Bertz CT molecular complexity index is 536. The van der Waals surface area contributed by atoms with Crippen molar-refractivity contribution >= 4 is 0 Å². The first-order valence-electron chi connectivity index (χ1n) is 6.73. The molecule has 19 heavy (non-hydrogen) atoms.